The summed E-state index contributed by atoms with van der Waals surface area (Å²) in [6, 6.07) is 12.0. The molecule has 3 aromatic rings. The minimum Gasteiger partial charge on any atom is -0.348 e. The van der Waals surface area contributed by atoms with Gasteiger partial charge in [0.1, 0.15) is 0 Å². The molecule has 2 aliphatic rings. The van der Waals surface area contributed by atoms with Gasteiger partial charge < -0.3 is 10.6 Å². The van der Waals surface area contributed by atoms with E-state index in [1.807, 2.05) is 0 Å². The molecule has 5 rings (SSSR count). The molecule has 2 atom stereocenters. The molecule has 2 fully saturated rings. The van der Waals surface area contributed by atoms with Gasteiger partial charge in [0, 0.05) is 32.9 Å². The smallest absolute Gasteiger partial charge is 0.261 e. The number of carbonyl (C=O) groups is 1. The largest absolute Gasteiger partial charge is 0.348 e. The normalized spacial score (nSPS) is 26.9. The van der Waals surface area contributed by atoms with E-state index in [4.69, 9.17) is 0 Å². The van der Waals surface area contributed by atoms with Crippen molar-refractivity contribution in [1.29, 1.82) is 0 Å². The first kappa shape index (κ1) is 14.0. The highest BCUT2D eigenvalue weighted by atomic mass is 32.1. The van der Waals surface area contributed by atoms with Crippen molar-refractivity contribution in [3.63, 3.8) is 0 Å². The molecule has 3 nitrogen and oxygen atoms in total. The maximum absolute atomic E-state index is 12.6. The Morgan fingerprint density at radius 2 is 1.87 bits per heavy atom. The fourth-order valence-electron chi connectivity index (χ4n) is 4.04. The van der Waals surface area contributed by atoms with Gasteiger partial charge in [0.25, 0.3) is 5.91 Å². The molecule has 0 spiro atoms. The molecule has 2 saturated heterocycles. The van der Waals surface area contributed by atoms with Crippen molar-refractivity contribution in [1.82, 2.24) is 10.6 Å². The van der Waals surface area contributed by atoms with Gasteiger partial charge in [0.15, 0.2) is 0 Å². The number of thiophene rings is 2. The van der Waals surface area contributed by atoms with Gasteiger partial charge in [0.2, 0.25) is 0 Å². The molecule has 2 aliphatic heterocycles. The maximum atomic E-state index is 12.6. The van der Waals surface area contributed by atoms with Gasteiger partial charge in [-0.25, -0.2) is 0 Å². The molecule has 2 aromatic heterocycles. The molecular weight excluding hydrogens is 324 g/mol. The molecule has 0 saturated carbocycles. The quantitative estimate of drug-likeness (QED) is 0.735. The SMILES string of the molecule is O=C(NC1CC2CCC(C1)N2)c1cc2sc3ccccc3c2s1. The molecule has 2 N–H and O–H groups in total. The second kappa shape index (κ2) is 5.30. The van der Waals surface area contributed by atoms with Gasteiger partial charge in [-0.3, -0.25) is 4.79 Å². The summed E-state index contributed by atoms with van der Waals surface area (Å²) in [6.45, 7) is 0. The molecule has 0 radical (unpaired) electrons. The second-order valence-electron chi connectivity index (χ2n) is 6.68. The zero-order chi connectivity index (χ0) is 15.4. The number of hydrogen-bond donors (Lipinski definition) is 2. The maximum Gasteiger partial charge on any atom is 0.261 e. The van der Waals surface area contributed by atoms with Crippen LogP contribution in [0.15, 0.2) is 30.3 Å². The predicted molar refractivity (Wildman–Crippen MR) is 97.6 cm³/mol. The Bertz CT molecular complexity index is 885. The minimum atomic E-state index is 0.105. The standard InChI is InChI=1S/C18H18N2OS2/c21-18(20-12-7-10-5-6-11(8-12)19-10)16-9-15-17(23-16)13-3-1-2-4-14(13)22-15/h1-4,9-12,19H,5-8H2,(H,20,21). The lowest BCUT2D eigenvalue weighted by atomic mass is 10.00. The summed E-state index contributed by atoms with van der Waals surface area (Å²) in [4.78, 5) is 13.5. The number of rotatable bonds is 2. The van der Waals surface area contributed by atoms with Gasteiger partial charge >= 0.3 is 0 Å². The van der Waals surface area contributed by atoms with Gasteiger partial charge in [-0.05, 0) is 37.8 Å². The van der Waals surface area contributed by atoms with Gasteiger partial charge in [0.05, 0.1) is 9.58 Å². The molecule has 2 bridgehead atoms. The third-order valence-corrected chi connectivity index (χ3v) is 7.50. The molecule has 118 valence electrons. The van der Waals surface area contributed by atoms with Crippen molar-refractivity contribution in [3.05, 3.63) is 35.2 Å². The van der Waals surface area contributed by atoms with Crippen LogP contribution in [-0.2, 0) is 0 Å². The number of carbonyl (C=O) groups excluding carboxylic acids is 1. The third-order valence-electron chi connectivity index (χ3n) is 5.08. The second-order valence-corrected chi connectivity index (χ2v) is 8.82. The first-order valence-electron chi connectivity index (χ1n) is 8.24. The van der Waals surface area contributed by atoms with Crippen LogP contribution in [0.25, 0.3) is 19.5 Å². The van der Waals surface area contributed by atoms with E-state index in [-0.39, 0.29) is 5.91 Å². The Labute approximate surface area is 142 Å². The van der Waals surface area contributed by atoms with E-state index in [9.17, 15) is 4.79 Å². The lowest BCUT2D eigenvalue weighted by Crippen LogP contribution is -2.47. The molecule has 4 heterocycles. The van der Waals surface area contributed by atoms with Gasteiger partial charge in [-0.2, -0.15) is 0 Å². The summed E-state index contributed by atoms with van der Waals surface area (Å²) in [5.74, 6) is 0.105. The van der Waals surface area contributed by atoms with E-state index >= 15 is 0 Å². The molecule has 0 aliphatic carbocycles. The summed E-state index contributed by atoms with van der Waals surface area (Å²) in [5, 5.41) is 8.17. The monoisotopic (exact) mass is 342 g/mol. The minimum absolute atomic E-state index is 0.105. The van der Waals surface area contributed by atoms with Crippen molar-refractivity contribution in [2.45, 2.75) is 43.8 Å². The average Bonchev–Trinajstić information content (AvgIpc) is 3.19. The molecule has 1 aromatic carbocycles. The predicted octanol–water partition coefficient (Wildman–Crippen LogP) is 4.13. The number of fused-ring (bicyclic) bond motifs is 5. The highest BCUT2D eigenvalue weighted by Gasteiger charge is 2.34. The summed E-state index contributed by atoms with van der Waals surface area (Å²) in [5.41, 5.74) is 0. The highest BCUT2D eigenvalue weighted by molar-refractivity contribution is 7.33. The summed E-state index contributed by atoms with van der Waals surface area (Å²) in [7, 11) is 0. The van der Waals surface area contributed by atoms with Gasteiger partial charge in [-0.15, -0.1) is 22.7 Å². The fraction of sp³-hybridized carbons (Fsp3) is 0.389. The number of nitrogens with one attached hydrogen (secondary N) is 2. The Kier molecular flexibility index (Phi) is 3.21. The first-order valence-corrected chi connectivity index (χ1v) is 9.87. The van der Waals surface area contributed by atoms with Crippen molar-refractivity contribution < 1.29 is 4.79 Å². The number of amides is 1. The lowest BCUT2D eigenvalue weighted by molar-refractivity contribution is 0.0928. The molecule has 23 heavy (non-hydrogen) atoms. The van der Waals surface area contributed by atoms with E-state index in [0.29, 0.717) is 18.1 Å². The summed E-state index contributed by atoms with van der Waals surface area (Å²) < 4.78 is 3.78. The van der Waals surface area contributed by atoms with Crippen molar-refractivity contribution in [3.8, 4) is 0 Å². The average molecular weight is 342 g/mol. The Hall–Kier alpha value is -1.43. The molecule has 2 unspecified atom stereocenters. The number of benzene rings is 1. The van der Waals surface area contributed by atoms with Crippen molar-refractivity contribution in [2.24, 2.45) is 0 Å². The zero-order valence-electron chi connectivity index (χ0n) is 12.7. The topological polar surface area (TPSA) is 41.1 Å². The van der Waals surface area contributed by atoms with E-state index in [1.165, 1.54) is 32.3 Å². The number of piperidine rings is 1. The van der Waals surface area contributed by atoms with Crippen LogP contribution in [0.5, 0.6) is 0 Å². The fourth-order valence-corrected chi connectivity index (χ4v) is 6.47. The molecule has 5 heteroatoms. The van der Waals surface area contributed by atoms with Crippen LogP contribution in [-0.4, -0.2) is 24.0 Å². The van der Waals surface area contributed by atoms with Gasteiger partial charge in [-0.1, -0.05) is 18.2 Å². The number of hydrogen-bond acceptors (Lipinski definition) is 4. The van der Waals surface area contributed by atoms with Crippen molar-refractivity contribution in [2.75, 3.05) is 0 Å². The van der Waals surface area contributed by atoms with Crippen LogP contribution < -0.4 is 10.6 Å². The zero-order valence-corrected chi connectivity index (χ0v) is 14.3. The van der Waals surface area contributed by atoms with Crippen LogP contribution in [0.1, 0.15) is 35.4 Å². The van der Waals surface area contributed by atoms with E-state index in [2.05, 4.69) is 41.0 Å². The van der Waals surface area contributed by atoms with Crippen LogP contribution in [0.3, 0.4) is 0 Å². The summed E-state index contributed by atoms with van der Waals surface area (Å²) in [6.07, 6.45) is 4.67. The van der Waals surface area contributed by atoms with Crippen LogP contribution >= 0.6 is 22.7 Å². The van der Waals surface area contributed by atoms with Crippen LogP contribution in [0, 0.1) is 0 Å². The van der Waals surface area contributed by atoms with Crippen molar-refractivity contribution >= 4 is 48.1 Å². The summed E-state index contributed by atoms with van der Waals surface area (Å²) >= 11 is 3.41. The van der Waals surface area contributed by atoms with E-state index in [1.54, 1.807) is 22.7 Å². The first-order chi connectivity index (χ1) is 11.3. The van der Waals surface area contributed by atoms with E-state index in [0.717, 1.165) is 17.7 Å². The lowest BCUT2D eigenvalue weighted by Gasteiger charge is -2.29. The Morgan fingerprint density at radius 1 is 1.09 bits per heavy atom. The Balaban J connectivity index is 1.40. The Morgan fingerprint density at radius 3 is 2.70 bits per heavy atom. The van der Waals surface area contributed by atoms with Crippen LogP contribution in [0.2, 0.25) is 0 Å². The third kappa shape index (κ3) is 2.38. The van der Waals surface area contributed by atoms with Crippen LogP contribution in [0.4, 0.5) is 0 Å². The molecular formula is C18H18N2OS2. The molecule has 1 amide bonds. The van der Waals surface area contributed by atoms with E-state index < -0.39 is 0 Å². The highest BCUT2D eigenvalue weighted by Crippen LogP contribution is 2.39.